The maximum atomic E-state index is 13.5. The van der Waals surface area contributed by atoms with E-state index in [0.717, 1.165) is 36.1 Å². The molecule has 1 amide bonds. The number of benzene rings is 1. The Morgan fingerprint density at radius 2 is 2.15 bits per heavy atom. The molecule has 1 aromatic carbocycles. The van der Waals surface area contributed by atoms with E-state index >= 15 is 0 Å². The van der Waals surface area contributed by atoms with Crippen LogP contribution in [0.25, 0.3) is 11.3 Å². The van der Waals surface area contributed by atoms with E-state index in [1.54, 1.807) is 27.9 Å². The van der Waals surface area contributed by atoms with Crippen LogP contribution in [0.4, 0.5) is 4.39 Å². The first kappa shape index (κ1) is 21.1. The highest BCUT2D eigenvalue weighted by atomic mass is 19.1. The first-order chi connectivity index (χ1) is 16.0. The lowest BCUT2D eigenvalue weighted by Gasteiger charge is -2.32. The summed E-state index contributed by atoms with van der Waals surface area (Å²) in [7, 11) is 1.83. The predicted octanol–water partition coefficient (Wildman–Crippen LogP) is 4.47. The molecule has 1 fully saturated rings. The maximum absolute atomic E-state index is 13.5. The number of hydrogen-bond acceptors (Lipinski definition) is 6. The van der Waals surface area contributed by atoms with E-state index in [1.165, 1.54) is 12.1 Å². The Hall–Kier alpha value is -3.75. The molecule has 4 aromatic rings. The van der Waals surface area contributed by atoms with Gasteiger partial charge >= 0.3 is 0 Å². The highest BCUT2D eigenvalue weighted by molar-refractivity contribution is 5.92. The van der Waals surface area contributed by atoms with E-state index < -0.39 is 0 Å². The summed E-state index contributed by atoms with van der Waals surface area (Å²) in [5.74, 6) is 0.751. The van der Waals surface area contributed by atoms with Crippen molar-refractivity contribution in [1.29, 1.82) is 0 Å². The Balaban J connectivity index is 1.35. The number of carbonyl (C=O) groups excluding carboxylic acids is 1. The lowest BCUT2D eigenvalue weighted by molar-refractivity contribution is 0.0528. The Morgan fingerprint density at radius 3 is 2.94 bits per heavy atom. The minimum Gasteiger partial charge on any atom is -0.443 e. The van der Waals surface area contributed by atoms with Gasteiger partial charge in [-0.3, -0.25) is 9.48 Å². The molecule has 9 heteroatoms. The lowest BCUT2D eigenvalue weighted by Crippen LogP contribution is -2.38. The molecule has 1 atom stereocenters. The van der Waals surface area contributed by atoms with Gasteiger partial charge in [-0.2, -0.15) is 5.10 Å². The summed E-state index contributed by atoms with van der Waals surface area (Å²) in [6.45, 7) is 2.46. The summed E-state index contributed by atoms with van der Waals surface area (Å²) in [6, 6.07) is 7.76. The number of rotatable bonds is 5. The molecule has 0 radical (unpaired) electrons. The molecule has 1 saturated heterocycles. The van der Waals surface area contributed by atoms with Gasteiger partial charge in [0.05, 0.1) is 11.9 Å². The molecule has 33 heavy (non-hydrogen) atoms. The molecule has 0 aliphatic carbocycles. The lowest BCUT2D eigenvalue weighted by atomic mass is 10.0. The number of halogens is 1. The van der Waals surface area contributed by atoms with Gasteiger partial charge in [-0.1, -0.05) is 17.3 Å². The number of piperidine rings is 1. The van der Waals surface area contributed by atoms with Gasteiger partial charge in [-0.25, -0.2) is 9.37 Å². The average Bonchev–Trinajstić information content (AvgIpc) is 3.53. The second kappa shape index (κ2) is 8.65. The molecular formula is C24H24FN5O3. The summed E-state index contributed by atoms with van der Waals surface area (Å²) < 4.78 is 26.6. The first-order valence-electron chi connectivity index (χ1n) is 11.0. The first-order valence-corrected chi connectivity index (χ1v) is 11.0. The smallest absolute Gasteiger partial charge is 0.293 e. The molecule has 0 spiro atoms. The fourth-order valence-corrected chi connectivity index (χ4v) is 4.33. The number of oxazole rings is 1. The largest absolute Gasteiger partial charge is 0.443 e. The molecule has 5 rings (SSSR count). The van der Waals surface area contributed by atoms with Crippen molar-refractivity contribution >= 4 is 5.91 Å². The zero-order valence-corrected chi connectivity index (χ0v) is 18.5. The van der Waals surface area contributed by atoms with Crippen LogP contribution in [-0.4, -0.2) is 37.3 Å². The zero-order chi connectivity index (χ0) is 22.9. The number of carbonyl (C=O) groups is 1. The van der Waals surface area contributed by atoms with Gasteiger partial charge in [0.1, 0.15) is 23.3 Å². The highest BCUT2D eigenvalue weighted by Gasteiger charge is 2.34. The molecule has 3 aromatic heterocycles. The van der Waals surface area contributed by atoms with Crippen molar-refractivity contribution in [2.75, 3.05) is 6.54 Å². The number of nitrogens with zero attached hydrogens (tertiary/aromatic N) is 5. The molecular weight excluding hydrogens is 425 g/mol. The van der Waals surface area contributed by atoms with Crippen LogP contribution in [0, 0.1) is 12.7 Å². The van der Waals surface area contributed by atoms with Gasteiger partial charge in [0.15, 0.2) is 0 Å². The zero-order valence-electron chi connectivity index (χ0n) is 18.5. The topological polar surface area (TPSA) is 90.2 Å². The van der Waals surface area contributed by atoms with E-state index in [9.17, 15) is 9.18 Å². The quantitative estimate of drug-likeness (QED) is 0.447. The molecule has 1 aliphatic heterocycles. The summed E-state index contributed by atoms with van der Waals surface area (Å²) in [5.41, 5.74) is 3.01. The van der Waals surface area contributed by atoms with Gasteiger partial charge in [-0.05, 0) is 43.9 Å². The summed E-state index contributed by atoms with van der Waals surface area (Å²) in [6.07, 6.45) is 6.53. The monoisotopic (exact) mass is 449 g/mol. The minimum absolute atomic E-state index is 0.173. The van der Waals surface area contributed by atoms with Crippen LogP contribution in [0.2, 0.25) is 0 Å². The van der Waals surface area contributed by atoms with Crippen molar-refractivity contribution in [2.24, 2.45) is 7.05 Å². The average molecular weight is 449 g/mol. The van der Waals surface area contributed by atoms with Crippen LogP contribution >= 0.6 is 0 Å². The third-order valence-electron chi connectivity index (χ3n) is 5.90. The van der Waals surface area contributed by atoms with E-state index in [0.29, 0.717) is 30.3 Å². The van der Waals surface area contributed by atoms with Crippen LogP contribution in [0.1, 0.15) is 58.8 Å². The molecule has 0 bridgehead atoms. The maximum Gasteiger partial charge on any atom is 0.293 e. The Kier molecular flexibility index (Phi) is 5.53. The SMILES string of the molecule is Cc1nn(C)cc1-c1cc(C(=O)N2CCCC[C@@H]2c2ncc(Cc3cccc(F)c3)o2)on1. The molecule has 0 N–H and O–H groups in total. The normalized spacial score (nSPS) is 16.3. The standard InChI is InChI=1S/C24H24FN5O3/c1-15-19(14-29(2)27-15)20-12-22(33-28-20)24(31)30-9-4-3-8-21(30)23-26-13-18(32-23)11-16-6-5-7-17(25)10-16/h5-7,10,12-14,21H,3-4,8-9,11H2,1-2H3/t21-/m1/s1. The summed E-state index contributed by atoms with van der Waals surface area (Å²) >= 11 is 0. The highest BCUT2D eigenvalue weighted by Crippen LogP contribution is 2.33. The molecule has 1 aliphatic rings. The third kappa shape index (κ3) is 4.30. The predicted molar refractivity (Wildman–Crippen MR) is 117 cm³/mol. The number of amides is 1. The molecule has 0 saturated carbocycles. The van der Waals surface area contributed by atoms with Gasteiger partial charge in [0.2, 0.25) is 11.7 Å². The van der Waals surface area contributed by atoms with Gasteiger partial charge in [0.25, 0.3) is 5.91 Å². The van der Waals surface area contributed by atoms with E-state index in [-0.39, 0.29) is 23.5 Å². The Labute approximate surface area is 190 Å². The van der Waals surface area contributed by atoms with Crippen molar-refractivity contribution in [3.63, 3.8) is 0 Å². The number of likely N-dealkylation sites (tertiary alicyclic amines) is 1. The van der Waals surface area contributed by atoms with Crippen molar-refractivity contribution in [2.45, 2.75) is 38.6 Å². The van der Waals surface area contributed by atoms with Gasteiger partial charge < -0.3 is 13.8 Å². The molecule has 4 heterocycles. The molecule has 0 unspecified atom stereocenters. The second-order valence-electron chi connectivity index (χ2n) is 8.36. The van der Waals surface area contributed by atoms with Crippen molar-refractivity contribution in [1.82, 2.24) is 24.8 Å². The third-order valence-corrected chi connectivity index (χ3v) is 5.90. The molecule has 8 nitrogen and oxygen atoms in total. The van der Waals surface area contributed by atoms with E-state index in [4.69, 9.17) is 8.94 Å². The van der Waals surface area contributed by atoms with Crippen LogP contribution < -0.4 is 0 Å². The van der Waals surface area contributed by atoms with Crippen LogP contribution in [0.3, 0.4) is 0 Å². The van der Waals surface area contributed by atoms with Crippen LogP contribution in [0.15, 0.2) is 51.7 Å². The van der Waals surface area contributed by atoms with E-state index in [2.05, 4.69) is 15.2 Å². The fourth-order valence-electron chi connectivity index (χ4n) is 4.33. The summed E-state index contributed by atoms with van der Waals surface area (Å²) in [5, 5.41) is 8.41. The number of hydrogen-bond donors (Lipinski definition) is 0. The Bertz CT molecular complexity index is 1290. The summed E-state index contributed by atoms with van der Waals surface area (Å²) in [4.78, 5) is 19.5. The van der Waals surface area contributed by atoms with Crippen molar-refractivity contribution in [3.8, 4) is 11.3 Å². The number of aryl methyl sites for hydroxylation is 2. The van der Waals surface area contributed by atoms with Gasteiger partial charge in [0, 0.05) is 37.8 Å². The second-order valence-corrected chi connectivity index (χ2v) is 8.36. The minimum atomic E-state index is -0.291. The van der Waals surface area contributed by atoms with Crippen LogP contribution in [0.5, 0.6) is 0 Å². The van der Waals surface area contributed by atoms with Crippen molar-refractivity contribution in [3.05, 3.63) is 77.2 Å². The Morgan fingerprint density at radius 1 is 1.27 bits per heavy atom. The van der Waals surface area contributed by atoms with Crippen molar-refractivity contribution < 1.29 is 18.1 Å². The van der Waals surface area contributed by atoms with Gasteiger partial charge in [-0.15, -0.1) is 0 Å². The molecule has 170 valence electrons. The van der Waals surface area contributed by atoms with E-state index in [1.807, 2.05) is 26.2 Å². The van der Waals surface area contributed by atoms with Crippen LogP contribution in [-0.2, 0) is 13.5 Å². The number of aromatic nitrogens is 4. The fraction of sp³-hybridized carbons (Fsp3) is 0.333.